The molecule has 0 radical (unpaired) electrons. The van der Waals surface area contributed by atoms with Crippen LogP contribution in [0.5, 0.6) is 11.5 Å². The van der Waals surface area contributed by atoms with Crippen LogP contribution in [-0.4, -0.2) is 38.1 Å². The lowest BCUT2D eigenvalue weighted by molar-refractivity contribution is -0.117. The molecule has 1 N–H and O–H groups in total. The maximum atomic E-state index is 12.9. The lowest BCUT2D eigenvalue weighted by Crippen LogP contribution is -2.41. The molecule has 32 heavy (non-hydrogen) atoms. The van der Waals surface area contributed by atoms with Crippen LogP contribution in [0.4, 0.5) is 5.69 Å². The number of nitrogens with zero attached hydrogens (tertiary/aromatic N) is 2. The third kappa shape index (κ3) is 4.43. The molecule has 0 bridgehead atoms. The Kier molecular flexibility index (Phi) is 6.39. The first-order valence-electron chi connectivity index (χ1n) is 10.5. The van der Waals surface area contributed by atoms with Crippen LogP contribution < -0.4 is 14.8 Å². The van der Waals surface area contributed by atoms with Crippen LogP contribution in [0.15, 0.2) is 66.7 Å². The van der Waals surface area contributed by atoms with Crippen molar-refractivity contribution in [3.05, 3.63) is 89.0 Å². The number of carbonyl (C=O) groups excluding carboxylic acids is 1. The van der Waals surface area contributed by atoms with E-state index in [9.17, 15) is 4.79 Å². The van der Waals surface area contributed by atoms with Gasteiger partial charge in [0, 0.05) is 12.2 Å². The van der Waals surface area contributed by atoms with E-state index in [1.54, 1.807) is 38.5 Å². The van der Waals surface area contributed by atoms with E-state index in [4.69, 9.17) is 14.7 Å². The highest BCUT2D eigenvalue weighted by molar-refractivity contribution is 5.92. The minimum Gasteiger partial charge on any atom is -0.493 e. The Morgan fingerprint density at radius 2 is 1.75 bits per heavy atom. The third-order valence-corrected chi connectivity index (χ3v) is 5.73. The maximum absolute atomic E-state index is 12.9. The van der Waals surface area contributed by atoms with E-state index in [2.05, 4.69) is 28.4 Å². The molecule has 162 valence electrons. The molecule has 3 aromatic carbocycles. The standard InChI is InChI=1S/C26H25N3O3/c1-31-23-14-20-12-13-29(17-25(30)28-21-10-8-18(16-27)9-11-21)26(19-6-4-3-5-7-19)22(20)15-24(23)32-2/h3-11,14-15,26H,12-13,17H2,1-2H3,(H,28,30). The number of rotatable bonds is 6. The molecule has 0 spiro atoms. The Balaban J connectivity index is 1.63. The van der Waals surface area contributed by atoms with Crippen LogP contribution >= 0.6 is 0 Å². The van der Waals surface area contributed by atoms with Gasteiger partial charge in [0.25, 0.3) is 0 Å². The van der Waals surface area contributed by atoms with E-state index in [0.717, 1.165) is 24.1 Å². The molecule has 1 unspecified atom stereocenters. The van der Waals surface area contributed by atoms with Gasteiger partial charge in [-0.1, -0.05) is 30.3 Å². The predicted molar refractivity (Wildman–Crippen MR) is 123 cm³/mol. The number of ether oxygens (including phenoxy) is 2. The number of methoxy groups -OCH3 is 2. The first-order valence-corrected chi connectivity index (χ1v) is 10.5. The summed E-state index contributed by atoms with van der Waals surface area (Å²) in [6, 6.07) is 23.1. The van der Waals surface area contributed by atoms with Crippen LogP contribution in [0.25, 0.3) is 0 Å². The molecule has 0 fully saturated rings. The molecular formula is C26H25N3O3. The minimum absolute atomic E-state index is 0.0773. The van der Waals surface area contributed by atoms with Crippen LogP contribution in [0.2, 0.25) is 0 Å². The smallest absolute Gasteiger partial charge is 0.238 e. The average molecular weight is 428 g/mol. The van der Waals surface area contributed by atoms with E-state index in [0.29, 0.717) is 22.7 Å². The van der Waals surface area contributed by atoms with Gasteiger partial charge in [0.1, 0.15) is 0 Å². The van der Waals surface area contributed by atoms with E-state index >= 15 is 0 Å². The van der Waals surface area contributed by atoms with E-state index in [1.165, 1.54) is 5.56 Å². The number of amides is 1. The zero-order valence-electron chi connectivity index (χ0n) is 18.2. The van der Waals surface area contributed by atoms with E-state index in [-0.39, 0.29) is 18.5 Å². The average Bonchev–Trinajstić information content (AvgIpc) is 2.84. The zero-order chi connectivity index (χ0) is 22.5. The molecule has 0 saturated heterocycles. The number of anilines is 1. The fourth-order valence-electron chi connectivity index (χ4n) is 4.21. The Labute approximate surface area is 188 Å². The molecule has 4 rings (SSSR count). The molecule has 1 heterocycles. The zero-order valence-corrected chi connectivity index (χ0v) is 18.2. The quantitative estimate of drug-likeness (QED) is 0.639. The highest BCUT2D eigenvalue weighted by Crippen LogP contribution is 2.40. The van der Waals surface area contributed by atoms with Crippen LogP contribution in [0.3, 0.4) is 0 Å². The summed E-state index contributed by atoms with van der Waals surface area (Å²) in [5, 5.41) is 11.9. The summed E-state index contributed by atoms with van der Waals surface area (Å²) < 4.78 is 11.0. The minimum atomic E-state index is -0.0976. The summed E-state index contributed by atoms with van der Waals surface area (Å²) in [7, 11) is 3.27. The number of hydrogen-bond acceptors (Lipinski definition) is 5. The number of nitriles is 1. The summed E-state index contributed by atoms with van der Waals surface area (Å²) in [5.74, 6) is 1.29. The molecule has 1 aliphatic heterocycles. The Hall–Kier alpha value is -3.82. The highest BCUT2D eigenvalue weighted by atomic mass is 16.5. The molecule has 6 nitrogen and oxygen atoms in total. The molecule has 1 amide bonds. The molecule has 0 aromatic heterocycles. The number of hydrogen-bond donors (Lipinski definition) is 1. The molecular weight excluding hydrogens is 402 g/mol. The van der Waals surface area contributed by atoms with Crippen molar-refractivity contribution in [3.63, 3.8) is 0 Å². The first kappa shape index (κ1) is 21.4. The van der Waals surface area contributed by atoms with Gasteiger partial charge in [0.05, 0.1) is 38.4 Å². The van der Waals surface area contributed by atoms with Crippen molar-refractivity contribution >= 4 is 11.6 Å². The maximum Gasteiger partial charge on any atom is 0.238 e. The number of benzene rings is 3. The normalized spacial score (nSPS) is 15.3. The molecule has 1 aliphatic rings. The SMILES string of the molecule is COc1cc2c(cc1OC)C(c1ccccc1)N(CC(=O)Nc1ccc(C#N)cc1)CC2. The lowest BCUT2D eigenvalue weighted by Gasteiger charge is -2.37. The summed E-state index contributed by atoms with van der Waals surface area (Å²) in [6.07, 6.45) is 0.809. The molecule has 0 saturated carbocycles. The fourth-order valence-corrected chi connectivity index (χ4v) is 4.21. The molecule has 0 aliphatic carbocycles. The second-order valence-corrected chi connectivity index (χ2v) is 7.68. The van der Waals surface area contributed by atoms with Crippen LogP contribution in [0.1, 0.15) is 28.3 Å². The van der Waals surface area contributed by atoms with Gasteiger partial charge in [-0.05, 0) is 59.5 Å². The van der Waals surface area contributed by atoms with Crippen molar-refractivity contribution in [1.82, 2.24) is 4.90 Å². The summed E-state index contributed by atoms with van der Waals surface area (Å²) in [4.78, 5) is 15.1. The molecule has 3 aromatic rings. The number of fused-ring (bicyclic) bond motifs is 1. The van der Waals surface area contributed by atoms with Crippen molar-refractivity contribution < 1.29 is 14.3 Å². The monoisotopic (exact) mass is 427 g/mol. The van der Waals surface area contributed by atoms with Gasteiger partial charge < -0.3 is 14.8 Å². The summed E-state index contributed by atoms with van der Waals surface area (Å²) >= 11 is 0. The third-order valence-electron chi connectivity index (χ3n) is 5.73. The van der Waals surface area contributed by atoms with Gasteiger partial charge in [-0.3, -0.25) is 9.69 Å². The van der Waals surface area contributed by atoms with Crippen molar-refractivity contribution in [3.8, 4) is 17.6 Å². The fraction of sp³-hybridized carbons (Fsp3) is 0.231. The van der Waals surface area contributed by atoms with Crippen molar-refractivity contribution in [2.75, 3.05) is 32.6 Å². The van der Waals surface area contributed by atoms with Gasteiger partial charge >= 0.3 is 0 Å². The second-order valence-electron chi connectivity index (χ2n) is 7.68. The van der Waals surface area contributed by atoms with Crippen molar-refractivity contribution in [1.29, 1.82) is 5.26 Å². The molecule has 1 atom stereocenters. The predicted octanol–water partition coefficient (Wildman–Crippen LogP) is 4.16. The topological polar surface area (TPSA) is 74.6 Å². The lowest BCUT2D eigenvalue weighted by atomic mass is 9.87. The summed E-state index contributed by atoms with van der Waals surface area (Å²) in [5.41, 5.74) is 4.66. The van der Waals surface area contributed by atoms with Gasteiger partial charge in [-0.15, -0.1) is 0 Å². The Bertz CT molecular complexity index is 1140. The van der Waals surface area contributed by atoms with E-state index < -0.39 is 0 Å². The van der Waals surface area contributed by atoms with E-state index in [1.807, 2.05) is 30.3 Å². The van der Waals surface area contributed by atoms with Crippen molar-refractivity contribution in [2.24, 2.45) is 0 Å². The van der Waals surface area contributed by atoms with Gasteiger partial charge in [0.2, 0.25) is 5.91 Å². The first-order chi connectivity index (χ1) is 15.6. The molecule has 6 heteroatoms. The number of nitrogens with one attached hydrogen (secondary N) is 1. The van der Waals surface area contributed by atoms with Gasteiger partial charge in [-0.2, -0.15) is 5.26 Å². The summed E-state index contributed by atoms with van der Waals surface area (Å²) in [6.45, 7) is 0.982. The van der Waals surface area contributed by atoms with Gasteiger partial charge in [0.15, 0.2) is 11.5 Å². The van der Waals surface area contributed by atoms with Crippen LogP contribution in [0, 0.1) is 11.3 Å². The second kappa shape index (κ2) is 9.54. The van der Waals surface area contributed by atoms with Gasteiger partial charge in [-0.25, -0.2) is 0 Å². The Morgan fingerprint density at radius 3 is 2.41 bits per heavy atom. The largest absolute Gasteiger partial charge is 0.493 e. The van der Waals surface area contributed by atoms with Crippen molar-refractivity contribution in [2.45, 2.75) is 12.5 Å². The Morgan fingerprint density at radius 1 is 1.06 bits per heavy atom. The highest BCUT2D eigenvalue weighted by Gasteiger charge is 2.31. The van der Waals surface area contributed by atoms with Crippen LogP contribution in [-0.2, 0) is 11.2 Å². The number of carbonyl (C=O) groups is 1.